The van der Waals surface area contributed by atoms with E-state index in [9.17, 15) is 0 Å². The molecule has 0 spiro atoms. The van der Waals surface area contributed by atoms with Crippen molar-refractivity contribution in [3.05, 3.63) is 528 Å². The molecule has 0 radical (unpaired) electrons. The Kier molecular flexibility index (Phi) is 22.3. The molecule has 0 aliphatic rings. The Morgan fingerprint density at radius 2 is 0.353 bits per heavy atom. The highest BCUT2D eigenvalue weighted by Crippen LogP contribution is 2.49. The van der Waals surface area contributed by atoms with Crippen molar-refractivity contribution in [3.63, 3.8) is 0 Å². The monoisotopic (exact) mass is 1970 g/mol. The summed E-state index contributed by atoms with van der Waals surface area (Å²) in [5.41, 5.74) is 36.9. The molecule has 0 N–H and O–H groups in total. The van der Waals surface area contributed by atoms with Gasteiger partial charge in [0.15, 0.2) is 17.5 Å². The molecule has 12 heteroatoms. The lowest BCUT2D eigenvalue weighted by atomic mass is 9.97. The van der Waals surface area contributed by atoms with Gasteiger partial charge in [-0.05, 0) is 188 Å². The van der Waals surface area contributed by atoms with Crippen molar-refractivity contribution in [2.24, 2.45) is 0 Å². The van der Waals surface area contributed by atoms with Crippen LogP contribution in [0.3, 0.4) is 0 Å². The number of para-hydroxylation sites is 5. The first-order valence-corrected chi connectivity index (χ1v) is 52.9. The van der Waals surface area contributed by atoms with Gasteiger partial charge in [-0.1, -0.05) is 406 Å². The summed E-state index contributed by atoms with van der Waals surface area (Å²) in [4.78, 5) is 31.2. The highest BCUT2D eigenvalue weighted by molar-refractivity contribution is 7.27. The van der Waals surface area contributed by atoms with Gasteiger partial charge in [0.25, 0.3) is 0 Å². The fourth-order valence-electron chi connectivity index (χ4n) is 21.7. The lowest BCUT2D eigenvalue weighted by Gasteiger charge is -2.14. The molecule has 702 valence electrons. The van der Waals surface area contributed by atoms with Crippen LogP contribution in [0.4, 0.5) is 0 Å². The fraction of sp³-hybridized carbons (Fsp3) is 0. The first-order chi connectivity index (χ1) is 74.3. The summed E-state index contributed by atoms with van der Waals surface area (Å²) in [6, 6.07) is 188. The van der Waals surface area contributed by atoms with Gasteiger partial charge >= 0.3 is 0 Å². The topological polar surface area (TPSA) is 92.1 Å². The Bertz CT molecular complexity index is 10300. The van der Waals surface area contributed by atoms with Crippen LogP contribution in [-0.4, -0.2) is 43.6 Å². The molecule has 150 heavy (non-hydrogen) atoms. The van der Waals surface area contributed by atoms with E-state index < -0.39 is 0 Å². The third-order valence-electron chi connectivity index (χ3n) is 28.8. The Morgan fingerprint density at radius 3 is 0.713 bits per heavy atom. The molecule has 9 aromatic heterocycles. The van der Waals surface area contributed by atoms with E-state index in [0.29, 0.717) is 0 Å². The molecule has 30 aromatic rings. The molecule has 0 aliphatic heterocycles. The zero-order valence-electron chi connectivity index (χ0n) is 81.0. The van der Waals surface area contributed by atoms with Gasteiger partial charge in [-0.25, -0.2) is 29.9 Å². The van der Waals surface area contributed by atoms with Crippen LogP contribution in [0.2, 0.25) is 0 Å². The number of aromatic nitrogens is 9. The molecule has 0 atom stereocenters. The molecular weight excluding hydrogens is 1880 g/mol. The van der Waals surface area contributed by atoms with Crippen molar-refractivity contribution in [3.8, 4) is 152 Å². The Balaban J connectivity index is 0.000000108. The minimum Gasteiger partial charge on any atom is -0.309 e. The van der Waals surface area contributed by atoms with E-state index in [4.69, 9.17) is 29.9 Å². The normalized spacial score (nSPS) is 11.6. The summed E-state index contributed by atoms with van der Waals surface area (Å²) in [5, 5.41) is 11.0. The summed E-state index contributed by atoms with van der Waals surface area (Å²) in [5.74, 6) is 2.21. The lowest BCUT2D eigenvalue weighted by molar-refractivity contribution is 1.18. The number of hydrogen-bond acceptors (Lipinski definition) is 9. The first kappa shape index (κ1) is 88.6. The molecule has 9 heterocycles. The third-order valence-corrected chi connectivity index (χ3v) is 32.3. The highest BCUT2D eigenvalue weighted by Gasteiger charge is 2.26. The van der Waals surface area contributed by atoms with Crippen molar-refractivity contribution >= 4 is 160 Å². The van der Waals surface area contributed by atoms with Gasteiger partial charge in [-0.15, -0.1) is 34.0 Å². The van der Waals surface area contributed by atoms with Gasteiger partial charge in [-0.2, -0.15) is 0 Å². The van der Waals surface area contributed by atoms with Crippen molar-refractivity contribution < 1.29 is 0 Å². The lowest BCUT2D eigenvalue weighted by Crippen LogP contribution is -1.96. The Labute approximate surface area is 876 Å². The first-order valence-electron chi connectivity index (χ1n) is 50.5. The standard InChI is InChI=1S/3C46H29N3S/c1-4-14-30(15-5-1)34-26-35(28-36(27-34)49-40-22-12-10-20-37(40)38-21-11-13-23-41(38)49)33-24-25-42-39(29-33)44-45(50-42)43(31-16-6-2-7-17-31)47-46(48-44)32-18-8-3-9-19-32;1-4-13-30(14-5-1)34-23-25-41-38(28-34)37-21-10-11-22-40(37)49(41)36-20-12-19-33(27-36)35-24-26-42-39(29-35)44-45(50-42)43(31-15-6-2-7-16-31)47-46(48-44)32-17-8-3-9-18-32;1-3-12-30(13-4-1)31-22-24-32(25-23-31)43-45-44(48-46(47-43)33-14-5-2-6-15-33)39-29-35(26-27-42(39)50-45)34-16-11-17-36(28-34)49-40-20-9-7-18-37(40)38-19-8-10-21-41(38)49/h3*1-29H. The Hall–Kier alpha value is -19.1. The van der Waals surface area contributed by atoms with Crippen LogP contribution in [0.25, 0.3) is 278 Å². The van der Waals surface area contributed by atoms with Gasteiger partial charge in [0.05, 0.1) is 80.8 Å². The third kappa shape index (κ3) is 16.1. The van der Waals surface area contributed by atoms with Crippen LogP contribution in [0, 0.1) is 0 Å². The number of hydrogen-bond donors (Lipinski definition) is 0. The average Bonchev–Trinajstić information content (AvgIpc) is 1.63. The molecule has 30 rings (SSSR count). The predicted octanol–water partition coefficient (Wildman–Crippen LogP) is 37.8. The van der Waals surface area contributed by atoms with Gasteiger partial charge in [-0.3, -0.25) is 0 Å². The van der Waals surface area contributed by atoms with Crippen molar-refractivity contribution in [2.45, 2.75) is 0 Å². The number of thiophene rings is 3. The van der Waals surface area contributed by atoms with Crippen molar-refractivity contribution in [1.82, 2.24) is 43.6 Å². The smallest absolute Gasteiger partial charge is 0.160 e. The average molecular weight is 1970 g/mol. The Morgan fingerprint density at radius 1 is 0.133 bits per heavy atom. The van der Waals surface area contributed by atoms with Crippen molar-refractivity contribution in [1.29, 1.82) is 0 Å². The predicted molar refractivity (Wildman–Crippen MR) is 633 cm³/mol. The van der Waals surface area contributed by atoms with Crippen molar-refractivity contribution in [2.75, 3.05) is 0 Å². The van der Waals surface area contributed by atoms with E-state index in [0.717, 1.165) is 160 Å². The summed E-state index contributed by atoms with van der Waals surface area (Å²) in [6.07, 6.45) is 0. The van der Waals surface area contributed by atoms with E-state index in [-0.39, 0.29) is 0 Å². The molecular formula is C138H87N9S3. The molecule has 0 fully saturated rings. The second kappa shape index (κ2) is 37.8. The molecule has 0 saturated carbocycles. The largest absolute Gasteiger partial charge is 0.309 e. The van der Waals surface area contributed by atoms with E-state index in [2.05, 4.69) is 475 Å². The van der Waals surface area contributed by atoms with Gasteiger partial charge < -0.3 is 13.7 Å². The van der Waals surface area contributed by atoms with Crippen LogP contribution in [-0.2, 0) is 0 Å². The number of rotatable bonds is 15. The fourth-order valence-corrected chi connectivity index (χ4v) is 25.1. The maximum atomic E-state index is 5.24. The number of benzene rings is 21. The van der Waals surface area contributed by atoms with E-state index in [1.54, 1.807) is 34.0 Å². The molecule has 0 bridgehead atoms. The molecule has 9 nitrogen and oxygen atoms in total. The van der Waals surface area contributed by atoms with E-state index >= 15 is 0 Å². The zero-order valence-corrected chi connectivity index (χ0v) is 83.4. The summed E-state index contributed by atoms with van der Waals surface area (Å²) >= 11 is 5.30. The van der Waals surface area contributed by atoms with Crippen LogP contribution >= 0.6 is 34.0 Å². The van der Waals surface area contributed by atoms with Crippen LogP contribution in [0.1, 0.15) is 0 Å². The molecule has 0 saturated heterocycles. The molecule has 0 unspecified atom stereocenters. The summed E-state index contributed by atoms with van der Waals surface area (Å²) in [6.45, 7) is 0. The maximum Gasteiger partial charge on any atom is 0.160 e. The maximum absolute atomic E-state index is 5.24. The summed E-state index contributed by atoms with van der Waals surface area (Å²) in [7, 11) is 0. The van der Waals surface area contributed by atoms with Crippen LogP contribution in [0.15, 0.2) is 528 Å². The minimum absolute atomic E-state index is 0.735. The van der Waals surface area contributed by atoms with Gasteiger partial charge in [0.1, 0.15) is 0 Å². The highest BCUT2D eigenvalue weighted by atomic mass is 32.1. The SMILES string of the molecule is c1ccc(-c2cc(-c3ccc4sc5c(-c6ccccc6)nc(-c6ccccc6)nc5c4c3)cc(-n3c4ccccc4c4ccccc43)c2)cc1.c1ccc(-c2ccc(-c3nc(-c4ccccc4)nc4c3sc3ccc(-c5cccc(-n6c7ccccc7c7ccccc76)c5)cc34)cc2)cc1.c1ccc(-c2ccc3c(c2)c2ccccc2n3-c2cccc(-c3ccc4sc5c(-c6ccccc6)nc(-c6ccccc6)nc5c4c3)c2)cc1. The molecule has 0 amide bonds. The zero-order chi connectivity index (χ0) is 99.1. The second-order valence-corrected chi connectivity index (χ2v) is 41.0. The van der Waals surface area contributed by atoms with Gasteiger partial charge in [0, 0.05) is 113 Å². The van der Waals surface area contributed by atoms with Crippen LogP contribution in [0.5, 0.6) is 0 Å². The van der Waals surface area contributed by atoms with Gasteiger partial charge in [0.2, 0.25) is 0 Å². The second-order valence-electron chi connectivity index (χ2n) is 37.9. The molecule has 21 aromatic carbocycles. The number of fused-ring (bicyclic) bond motifs is 18. The quantitative estimate of drug-likeness (QED) is 0.102. The van der Waals surface area contributed by atoms with E-state index in [1.807, 2.05) is 66.7 Å². The summed E-state index contributed by atoms with van der Waals surface area (Å²) < 4.78 is 14.1. The molecule has 0 aliphatic carbocycles. The minimum atomic E-state index is 0.735. The van der Waals surface area contributed by atoms with Crippen LogP contribution < -0.4 is 0 Å². The number of nitrogens with zero attached hydrogens (tertiary/aromatic N) is 9. The van der Waals surface area contributed by atoms with E-state index in [1.165, 1.54) is 118 Å².